The summed E-state index contributed by atoms with van der Waals surface area (Å²) in [6.07, 6.45) is 1.54. The first-order chi connectivity index (χ1) is 13.4. The van der Waals surface area contributed by atoms with E-state index in [1.54, 1.807) is 6.20 Å². The average molecular weight is 404 g/mol. The van der Waals surface area contributed by atoms with Crippen molar-refractivity contribution in [2.24, 2.45) is 0 Å². The van der Waals surface area contributed by atoms with Gasteiger partial charge in [0.05, 0.1) is 17.6 Å². The molecule has 0 unspecified atom stereocenters. The van der Waals surface area contributed by atoms with Crippen LogP contribution in [-0.2, 0) is 21.6 Å². The van der Waals surface area contributed by atoms with Gasteiger partial charge in [0.15, 0.2) is 0 Å². The molecule has 0 fully saturated rings. The van der Waals surface area contributed by atoms with Gasteiger partial charge in [0.1, 0.15) is 24.6 Å². The second-order valence-corrected chi connectivity index (χ2v) is 7.12. The maximum atomic E-state index is 12.9. The molecule has 0 radical (unpaired) electrons. The Hall–Kier alpha value is -3.27. The number of benzene rings is 2. The lowest BCUT2D eigenvalue weighted by Gasteiger charge is -2.07. The molecule has 0 atom stereocenters. The average Bonchev–Trinajstić information content (AvgIpc) is 3.14. The van der Waals surface area contributed by atoms with Crippen LogP contribution in [0.5, 0.6) is 5.75 Å². The van der Waals surface area contributed by atoms with Gasteiger partial charge in [0, 0.05) is 5.56 Å². The Morgan fingerprint density at radius 1 is 1.11 bits per heavy atom. The van der Waals surface area contributed by atoms with E-state index in [2.05, 4.69) is 15.6 Å². The van der Waals surface area contributed by atoms with Gasteiger partial charge in [-0.05, 0) is 24.3 Å². The SMILES string of the molecule is O=C(Cn1cc(-c2ccc(S(=O)(=O)F)cc2)nn1)NCCOc1ccccc1. The Balaban J connectivity index is 1.49. The van der Waals surface area contributed by atoms with Crippen molar-refractivity contribution in [1.29, 1.82) is 0 Å². The molecule has 2 aromatic carbocycles. The van der Waals surface area contributed by atoms with Crippen LogP contribution in [0.4, 0.5) is 3.89 Å². The van der Waals surface area contributed by atoms with Crippen LogP contribution >= 0.6 is 0 Å². The van der Waals surface area contributed by atoms with Gasteiger partial charge in [0.25, 0.3) is 0 Å². The minimum absolute atomic E-state index is 0.0325. The van der Waals surface area contributed by atoms with Crippen molar-refractivity contribution in [2.75, 3.05) is 13.2 Å². The summed E-state index contributed by atoms with van der Waals surface area (Å²) in [5.41, 5.74) is 0.985. The molecule has 10 heteroatoms. The van der Waals surface area contributed by atoms with E-state index < -0.39 is 15.1 Å². The molecule has 1 heterocycles. The summed E-state index contributed by atoms with van der Waals surface area (Å²) >= 11 is 0. The fraction of sp³-hybridized carbons (Fsp3) is 0.167. The highest BCUT2D eigenvalue weighted by atomic mass is 32.3. The Morgan fingerprint density at radius 2 is 1.82 bits per heavy atom. The molecular weight excluding hydrogens is 387 g/mol. The van der Waals surface area contributed by atoms with E-state index in [1.807, 2.05) is 30.3 Å². The van der Waals surface area contributed by atoms with Crippen LogP contribution in [-0.4, -0.2) is 42.5 Å². The minimum atomic E-state index is -4.75. The summed E-state index contributed by atoms with van der Waals surface area (Å²) in [6.45, 7) is 0.645. The molecule has 1 aromatic heterocycles. The lowest BCUT2D eigenvalue weighted by molar-refractivity contribution is -0.121. The molecule has 0 saturated carbocycles. The van der Waals surface area contributed by atoms with E-state index in [1.165, 1.54) is 16.8 Å². The summed E-state index contributed by atoms with van der Waals surface area (Å²) in [5, 5.41) is 10.5. The van der Waals surface area contributed by atoms with Gasteiger partial charge in [-0.1, -0.05) is 35.5 Å². The monoisotopic (exact) mass is 404 g/mol. The first-order valence-corrected chi connectivity index (χ1v) is 9.70. The van der Waals surface area contributed by atoms with Crippen LogP contribution in [0.15, 0.2) is 65.7 Å². The van der Waals surface area contributed by atoms with E-state index in [9.17, 15) is 17.1 Å². The fourth-order valence-corrected chi connectivity index (χ4v) is 2.84. The van der Waals surface area contributed by atoms with Crippen LogP contribution in [0, 0.1) is 0 Å². The standard InChI is InChI=1S/C18H17FN4O4S/c19-28(25,26)16-8-6-14(7-9-16)17-12-23(22-21-17)13-18(24)20-10-11-27-15-4-2-1-3-5-15/h1-9,12H,10-11,13H2,(H,20,24). The highest BCUT2D eigenvalue weighted by Gasteiger charge is 2.13. The zero-order valence-electron chi connectivity index (χ0n) is 14.7. The van der Waals surface area contributed by atoms with E-state index in [0.717, 1.165) is 17.9 Å². The topological polar surface area (TPSA) is 103 Å². The largest absolute Gasteiger partial charge is 0.492 e. The molecule has 0 aliphatic rings. The Labute approximate surface area is 161 Å². The zero-order valence-corrected chi connectivity index (χ0v) is 15.5. The Kier molecular flexibility index (Phi) is 5.99. The zero-order chi connectivity index (χ0) is 20.0. The van der Waals surface area contributed by atoms with Crippen molar-refractivity contribution in [3.8, 4) is 17.0 Å². The Morgan fingerprint density at radius 3 is 2.50 bits per heavy atom. The molecule has 3 aromatic rings. The number of aromatic nitrogens is 3. The van der Waals surface area contributed by atoms with Crippen molar-refractivity contribution in [3.05, 3.63) is 60.8 Å². The molecular formula is C18H17FN4O4S. The summed E-state index contributed by atoms with van der Waals surface area (Å²) in [6, 6.07) is 14.4. The molecule has 146 valence electrons. The predicted octanol–water partition coefficient (Wildman–Crippen LogP) is 1.80. The summed E-state index contributed by atoms with van der Waals surface area (Å²) in [7, 11) is -4.75. The van der Waals surface area contributed by atoms with Crippen molar-refractivity contribution in [1.82, 2.24) is 20.3 Å². The van der Waals surface area contributed by atoms with Crippen molar-refractivity contribution < 1.29 is 21.8 Å². The van der Waals surface area contributed by atoms with Gasteiger partial charge in [-0.25, -0.2) is 4.68 Å². The molecule has 3 rings (SSSR count). The normalized spacial score (nSPS) is 11.2. The van der Waals surface area contributed by atoms with E-state index in [-0.39, 0.29) is 12.5 Å². The maximum Gasteiger partial charge on any atom is 0.332 e. The van der Waals surface area contributed by atoms with Crippen molar-refractivity contribution >= 4 is 16.1 Å². The number of rotatable bonds is 8. The third-order valence-corrected chi connectivity index (χ3v) is 4.55. The molecule has 0 aliphatic heterocycles. The molecule has 0 aliphatic carbocycles. The lowest BCUT2D eigenvalue weighted by Crippen LogP contribution is -2.31. The van der Waals surface area contributed by atoms with Crippen LogP contribution in [0.3, 0.4) is 0 Å². The molecule has 0 spiro atoms. The first-order valence-electron chi connectivity index (χ1n) is 8.31. The highest BCUT2D eigenvalue weighted by Crippen LogP contribution is 2.20. The smallest absolute Gasteiger partial charge is 0.332 e. The van der Waals surface area contributed by atoms with Gasteiger partial charge >= 0.3 is 10.2 Å². The molecule has 28 heavy (non-hydrogen) atoms. The predicted molar refractivity (Wildman–Crippen MR) is 98.7 cm³/mol. The second kappa shape index (κ2) is 8.61. The van der Waals surface area contributed by atoms with E-state index in [0.29, 0.717) is 24.4 Å². The molecule has 1 amide bonds. The van der Waals surface area contributed by atoms with Crippen LogP contribution in [0.1, 0.15) is 0 Å². The summed E-state index contributed by atoms with van der Waals surface area (Å²) < 4.78 is 41.4. The van der Waals surface area contributed by atoms with Gasteiger partial charge < -0.3 is 10.1 Å². The molecule has 0 saturated heterocycles. The highest BCUT2D eigenvalue weighted by molar-refractivity contribution is 7.86. The van der Waals surface area contributed by atoms with Crippen LogP contribution in [0.2, 0.25) is 0 Å². The first kappa shape index (κ1) is 19.5. The Bertz CT molecular complexity index is 1040. The number of para-hydroxylation sites is 1. The second-order valence-electron chi connectivity index (χ2n) is 5.78. The fourth-order valence-electron chi connectivity index (χ4n) is 2.38. The minimum Gasteiger partial charge on any atom is -0.492 e. The number of carbonyl (C=O) groups is 1. The van der Waals surface area contributed by atoms with Gasteiger partial charge in [-0.2, -0.15) is 8.42 Å². The van der Waals surface area contributed by atoms with Crippen LogP contribution in [0.25, 0.3) is 11.3 Å². The number of nitrogens with zero attached hydrogens (tertiary/aromatic N) is 3. The number of hydrogen-bond acceptors (Lipinski definition) is 6. The molecule has 1 N–H and O–H groups in total. The summed E-state index contributed by atoms with van der Waals surface area (Å²) in [4.78, 5) is 11.5. The number of ether oxygens (including phenoxy) is 1. The molecule has 0 bridgehead atoms. The summed E-state index contributed by atoms with van der Waals surface area (Å²) in [5.74, 6) is 0.469. The number of hydrogen-bond donors (Lipinski definition) is 1. The van der Waals surface area contributed by atoms with Gasteiger partial charge in [0.2, 0.25) is 5.91 Å². The van der Waals surface area contributed by atoms with E-state index >= 15 is 0 Å². The lowest BCUT2D eigenvalue weighted by atomic mass is 10.2. The van der Waals surface area contributed by atoms with E-state index in [4.69, 9.17) is 4.74 Å². The quantitative estimate of drug-likeness (QED) is 0.454. The third kappa shape index (κ3) is 5.36. The van der Waals surface area contributed by atoms with Gasteiger partial charge in [-0.15, -0.1) is 8.98 Å². The van der Waals surface area contributed by atoms with Crippen molar-refractivity contribution in [2.45, 2.75) is 11.4 Å². The number of amides is 1. The van der Waals surface area contributed by atoms with Crippen LogP contribution < -0.4 is 10.1 Å². The van der Waals surface area contributed by atoms with Gasteiger partial charge in [-0.3, -0.25) is 4.79 Å². The number of nitrogens with one attached hydrogen (secondary N) is 1. The number of halogens is 1. The third-order valence-electron chi connectivity index (χ3n) is 3.71. The molecule has 8 nitrogen and oxygen atoms in total. The van der Waals surface area contributed by atoms with Crippen molar-refractivity contribution in [3.63, 3.8) is 0 Å². The maximum absolute atomic E-state index is 12.9. The number of carbonyl (C=O) groups excluding carboxylic acids is 1.